The third-order valence-corrected chi connectivity index (χ3v) is 4.44. The summed E-state index contributed by atoms with van der Waals surface area (Å²) in [7, 11) is 0. The summed E-state index contributed by atoms with van der Waals surface area (Å²) >= 11 is 0. The lowest BCUT2D eigenvalue weighted by Gasteiger charge is -2.17. The predicted molar refractivity (Wildman–Crippen MR) is 98.8 cm³/mol. The second kappa shape index (κ2) is 7.06. The molecule has 1 aliphatic rings. The first-order chi connectivity index (χ1) is 13.1. The lowest BCUT2D eigenvalue weighted by atomic mass is 10.1. The maximum Gasteiger partial charge on any atom is 0.291 e. The van der Waals surface area contributed by atoms with Gasteiger partial charge in [0.05, 0.1) is 5.69 Å². The predicted octanol–water partition coefficient (Wildman–Crippen LogP) is 3.02. The summed E-state index contributed by atoms with van der Waals surface area (Å²) in [6, 6.07) is 10.8. The van der Waals surface area contributed by atoms with E-state index in [1.165, 1.54) is 0 Å². The molecule has 27 heavy (non-hydrogen) atoms. The van der Waals surface area contributed by atoms with Crippen molar-refractivity contribution < 1.29 is 14.1 Å². The van der Waals surface area contributed by atoms with Crippen LogP contribution in [0.3, 0.4) is 0 Å². The van der Waals surface area contributed by atoms with Gasteiger partial charge in [0.1, 0.15) is 5.76 Å². The van der Waals surface area contributed by atoms with Gasteiger partial charge < -0.3 is 19.7 Å². The van der Waals surface area contributed by atoms with Gasteiger partial charge in [-0.25, -0.2) is 4.98 Å². The second-order valence-electron chi connectivity index (χ2n) is 6.44. The zero-order valence-corrected chi connectivity index (χ0v) is 14.9. The summed E-state index contributed by atoms with van der Waals surface area (Å²) in [4.78, 5) is 29.8. The number of rotatable bonds is 4. The van der Waals surface area contributed by atoms with Gasteiger partial charge in [0.25, 0.3) is 11.8 Å². The van der Waals surface area contributed by atoms with E-state index in [0.717, 1.165) is 18.5 Å². The number of carbonyl (C=O) groups excluding carboxylic acids is 2. The fourth-order valence-corrected chi connectivity index (χ4v) is 3.21. The van der Waals surface area contributed by atoms with Crippen LogP contribution < -0.4 is 10.6 Å². The van der Waals surface area contributed by atoms with Gasteiger partial charge in [0.15, 0.2) is 17.3 Å². The van der Waals surface area contributed by atoms with Gasteiger partial charge in [-0.15, -0.1) is 0 Å². The Balaban J connectivity index is 1.63. The van der Waals surface area contributed by atoms with Crippen molar-refractivity contribution in [2.45, 2.75) is 32.7 Å². The molecule has 1 aromatic carbocycles. The van der Waals surface area contributed by atoms with E-state index < -0.39 is 5.91 Å². The number of para-hydroxylation sites is 1. The monoisotopic (exact) mass is 365 g/mol. The van der Waals surface area contributed by atoms with Crippen molar-refractivity contribution in [2.75, 3.05) is 10.6 Å². The maximum absolute atomic E-state index is 12.7. The maximum atomic E-state index is 12.7. The topological polar surface area (TPSA) is 102 Å². The molecule has 3 heterocycles. The van der Waals surface area contributed by atoms with Gasteiger partial charge in [-0.2, -0.15) is 0 Å². The third kappa shape index (κ3) is 3.46. The fourth-order valence-electron chi connectivity index (χ4n) is 3.21. The summed E-state index contributed by atoms with van der Waals surface area (Å²) in [5.41, 5.74) is 1.71. The molecule has 2 aromatic heterocycles. The molecule has 0 unspecified atom stereocenters. The van der Waals surface area contributed by atoms with Crippen LogP contribution in [-0.2, 0) is 13.0 Å². The van der Waals surface area contributed by atoms with E-state index in [2.05, 4.69) is 20.8 Å². The van der Waals surface area contributed by atoms with Crippen LogP contribution in [0.4, 0.5) is 11.5 Å². The van der Waals surface area contributed by atoms with Crippen molar-refractivity contribution in [3.05, 3.63) is 59.4 Å². The Morgan fingerprint density at radius 3 is 2.67 bits per heavy atom. The molecule has 0 spiro atoms. The minimum absolute atomic E-state index is 0.245. The normalized spacial score (nSPS) is 13.1. The molecule has 0 fully saturated rings. The molecule has 4 rings (SSSR count). The van der Waals surface area contributed by atoms with Gasteiger partial charge in [-0.3, -0.25) is 9.59 Å². The Hall–Kier alpha value is -3.42. The van der Waals surface area contributed by atoms with E-state index in [1.807, 2.05) is 22.8 Å². The Kier molecular flexibility index (Phi) is 4.45. The first-order valence-electron chi connectivity index (χ1n) is 8.82. The van der Waals surface area contributed by atoms with Crippen LogP contribution in [-0.4, -0.2) is 26.5 Å². The van der Waals surface area contributed by atoms with Crippen LogP contribution >= 0.6 is 0 Å². The van der Waals surface area contributed by atoms with E-state index in [1.54, 1.807) is 25.1 Å². The number of aryl methyl sites for hydroxylation is 1. The Bertz CT molecular complexity index is 990. The summed E-state index contributed by atoms with van der Waals surface area (Å²) in [6.45, 7) is 2.41. The molecular weight excluding hydrogens is 346 g/mol. The number of carbonyl (C=O) groups is 2. The molecule has 0 aliphatic carbocycles. The number of fused-ring (bicyclic) bond motifs is 1. The molecule has 0 radical (unpaired) electrons. The van der Waals surface area contributed by atoms with Gasteiger partial charge in [-0.1, -0.05) is 23.4 Å². The molecule has 0 saturated heterocycles. The summed E-state index contributed by atoms with van der Waals surface area (Å²) in [5.74, 6) is 0.439. The van der Waals surface area contributed by atoms with E-state index >= 15 is 0 Å². The highest BCUT2D eigenvalue weighted by molar-refractivity contribution is 6.06. The molecule has 8 heteroatoms. The smallest absolute Gasteiger partial charge is 0.291 e. The number of hydrogen-bond acceptors (Lipinski definition) is 5. The molecular formula is C19H19N5O3. The minimum Gasteiger partial charge on any atom is -0.360 e. The standard InChI is InChI=1S/C19H19N5O3/c1-12-11-15(23-27-12)21-18(25)16-14-9-5-6-10-24(14)17(22-16)19(26)20-13-7-3-2-4-8-13/h2-4,7-8,11H,5-6,9-10H2,1H3,(H,20,26)(H,21,23,25). The molecule has 8 nitrogen and oxygen atoms in total. The van der Waals surface area contributed by atoms with Crippen molar-refractivity contribution in [3.63, 3.8) is 0 Å². The fraction of sp³-hybridized carbons (Fsp3) is 0.263. The number of nitrogens with zero attached hydrogens (tertiary/aromatic N) is 3. The van der Waals surface area contributed by atoms with E-state index in [-0.39, 0.29) is 17.4 Å². The zero-order chi connectivity index (χ0) is 18.8. The van der Waals surface area contributed by atoms with E-state index in [9.17, 15) is 9.59 Å². The van der Waals surface area contributed by atoms with E-state index in [0.29, 0.717) is 30.2 Å². The van der Waals surface area contributed by atoms with Crippen molar-refractivity contribution in [1.82, 2.24) is 14.7 Å². The number of hydrogen-bond donors (Lipinski definition) is 2. The molecule has 0 bridgehead atoms. The number of anilines is 2. The van der Waals surface area contributed by atoms with Crippen LogP contribution in [0.5, 0.6) is 0 Å². The van der Waals surface area contributed by atoms with Crippen LogP contribution in [0.25, 0.3) is 0 Å². The highest BCUT2D eigenvalue weighted by Crippen LogP contribution is 2.23. The third-order valence-electron chi connectivity index (χ3n) is 4.44. The van der Waals surface area contributed by atoms with Gasteiger partial charge >= 0.3 is 0 Å². The van der Waals surface area contributed by atoms with Gasteiger partial charge in [-0.05, 0) is 38.3 Å². The average molecular weight is 365 g/mol. The number of imidazole rings is 1. The largest absolute Gasteiger partial charge is 0.360 e. The molecule has 1 aliphatic heterocycles. The number of nitrogens with one attached hydrogen (secondary N) is 2. The lowest BCUT2D eigenvalue weighted by Crippen LogP contribution is -2.21. The van der Waals surface area contributed by atoms with Crippen LogP contribution in [0.2, 0.25) is 0 Å². The highest BCUT2D eigenvalue weighted by atomic mass is 16.5. The number of aromatic nitrogens is 3. The van der Waals surface area contributed by atoms with Crippen LogP contribution in [0.15, 0.2) is 40.9 Å². The molecule has 138 valence electrons. The van der Waals surface area contributed by atoms with Crippen molar-refractivity contribution in [3.8, 4) is 0 Å². The Morgan fingerprint density at radius 2 is 1.93 bits per heavy atom. The highest BCUT2D eigenvalue weighted by Gasteiger charge is 2.28. The summed E-state index contributed by atoms with van der Waals surface area (Å²) in [5, 5.41) is 9.28. The SMILES string of the molecule is Cc1cc(NC(=O)c2nc(C(=O)Nc3ccccc3)n3c2CCCC3)no1. The Labute approximate surface area is 155 Å². The van der Waals surface area contributed by atoms with Crippen LogP contribution in [0.1, 0.15) is 45.4 Å². The number of benzene rings is 1. The van der Waals surface area contributed by atoms with Crippen molar-refractivity contribution >= 4 is 23.3 Å². The second-order valence-corrected chi connectivity index (χ2v) is 6.44. The molecule has 0 saturated carbocycles. The minimum atomic E-state index is -0.396. The van der Waals surface area contributed by atoms with Gasteiger partial charge in [0.2, 0.25) is 0 Å². The molecule has 2 N–H and O–H groups in total. The van der Waals surface area contributed by atoms with E-state index in [4.69, 9.17) is 4.52 Å². The zero-order valence-electron chi connectivity index (χ0n) is 14.9. The molecule has 2 amide bonds. The van der Waals surface area contributed by atoms with Crippen molar-refractivity contribution in [1.29, 1.82) is 0 Å². The molecule has 0 atom stereocenters. The van der Waals surface area contributed by atoms with Gasteiger partial charge in [0, 0.05) is 18.3 Å². The molecule has 3 aromatic rings. The summed E-state index contributed by atoms with van der Waals surface area (Å²) in [6.07, 6.45) is 2.60. The quantitative estimate of drug-likeness (QED) is 0.740. The first-order valence-corrected chi connectivity index (χ1v) is 8.82. The van der Waals surface area contributed by atoms with Crippen LogP contribution in [0, 0.1) is 6.92 Å². The number of amides is 2. The Morgan fingerprint density at radius 1 is 1.11 bits per heavy atom. The summed E-state index contributed by atoms with van der Waals surface area (Å²) < 4.78 is 6.81. The first kappa shape index (κ1) is 17.0. The lowest BCUT2D eigenvalue weighted by molar-refractivity contribution is 0.101. The van der Waals surface area contributed by atoms with Crippen molar-refractivity contribution in [2.24, 2.45) is 0 Å². The average Bonchev–Trinajstić information content (AvgIpc) is 3.26.